The zero-order valence-corrected chi connectivity index (χ0v) is 17.5. The van der Waals surface area contributed by atoms with E-state index in [2.05, 4.69) is 10.2 Å². The third-order valence-corrected chi connectivity index (χ3v) is 4.65. The van der Waals surface area contributed by atoms with Gasteiger partial charge >= 0.3 is 5.97 Å². The fraction of sp³-hybridized carbons (Fsp3) is 0.391. The van der Waals surface area contributed by atoms with E-state index in [1.54, 1.807) is 18.2 Å². The molecule has 0 unspecified atom stereocenters. The predicted octanol–water partition coefficient (Wildman–Crippen LogP) is 3.42. The normalized spacial score (nSPS) is 13.6. The number of amides is 1. The first-order valence-electron chi connectivity index (χ1n) is 10.2. The summed E-state index contributed by atoms with van der Waals surface area (Å²) in [6.07, 6.45) is 0.741. The molecule has 1 saturated heterocycles. The SMILES string of the molecule is CCCOC(=O)c1cc(NC(=O)COc2cccc(C)c2)ccc1N1CCOCC1. The molecule has 7 heteroatoms. The van der Waals surface area contributed by atoms with Crippen molar-refractivity contribution in [3.8, 4) is 5.75 Å². The number of carbonyl (C=O) groups is 2. The van der Waals surface area contributed by atoms with Gasteiger partial charge in [0.05, 0.1) is 31.1 Å². The highest BCUT2D eigenvalue weighted by Gasteiger charge is 2.21. The number of rotatable bonds is 8. The lowest BCUT2D eigenvalue weighted by atomic mass is 10.1. The molecule has 0 aromatic heterocycles. The number of nitrogens with one attached hydrogen (secondary N) is 1. The lowest BCUT2D eigenvalue weighted by Crippen LogP contribution is -2.37. The quantitative estimate of drug-likeness (QED) is 0.670. The van der Waals surface area contributed by atoms with Crippen molar-refractivity contribution in [1.29, 1.82) is 0 Å². The molecular formula is C23H28N2O5. The number of morpholine rings is 1. The zero-order valence-electron chi connectivity index (χ0n) is 17.5. The van der Waals surface area contributed by atoms with Crippen LogP contribution in [-0.2, 0) is 14.3 Å². The molecule has 1 N–H and O–H groups in total. The van der Waals surface area contributed by atoms with E-state index < -0.39 is 5.97 Å². The van der Waals surface area contributed by atoms with E-state index in [0.717, 1.165) is 17.7 Å². The molecule has 1 amide bonds. The number of benzene rings is 2. The van der Waals surface area contributed by atoms with Crippen molar-refractivity contribution in [3.63, 3.8) is 0 Å². The minimum absolute atomic E-state index is 0.121. The Morgan fingerprint density at radius 2 is 1.93 bits per heavy atom. The highest BCUT2D eigenvalue weighted by Crippen LogP contribution is 2.26. The molecular weight excluding hydrogens is 384 g/mol. The molecule has 0 radical (unpaired) electrons. The summed E-state index contributed by atoms with van der Waals surface area (Å²) in [6, 6.07) is 12.8. The maximum atomic E-state index is 12.6. The Hall–Kier alpha value is -3.06. The number of ether oxygens (including phenoxy) is 3. The molecule has 0 saturated carbocycles. The number of aryl methyl sites for hydroxylation is 1. The average molecular weight is 412 g/mol. The van der Waals surface area contributed by atoms with Crippen molar-refractivity contribution in [2.24, 2.45) is 0 Å². The van der Waals surface area contributed by atoms with E-state index in [0.29, 0.717) is 49.9 Å². The molecule has 0 bridgehead atoms. The van der Waals surface area contributed by atoms with Crippen molar-refractivity contribution in [2.75, 3.05) is 49.7 Å². The summed E-state index contributed by atoms with van der Waals surface area (Å²) in [7, 11) is 0. The number of carbonyl (C=O) groups excluding carboxylic acids is 2. The lowest BCUT2D eigenvalue weighted by molar-refractivity contribution is -0.118. The van der Waals surface area contributed by atoms with Crippen LogP contribution in [0.5, 0.6) is 5.75 Å². The van der Waals surface area contributed by atoms with Crippen LogP contribution in [0.4, 0.5) is 11.4 Å². The van der Waals surface area contributed by atoms with Crippen LogP contribution < -0.4 is 15.0 Å². The Labute approximate surface area is 176 Å². The van der Waals surface area contributed by atoms with E-state index in [4.69, 9.17) is 14.2 Å². The van der Waals surface area contributed by atoms with Gasteiger partial charge in [0.25, 0.3) is 5.91 Å². The molecule has 0 atom stereocenters. The summed E-state index contributed by atoms with van der Waals surface area (Å²) < 4.78 is 16.3. The zero-order chi connectivity index (χ0) is 21.3. The Morgan fingerprint density at radius 3 is 2.67 bits per heavy atom. The Morgan fingerprint density at radius 1 is 1.13 bits per heavy atom. The largest absolute Gasteiger partial charge is 0.484 e. The highest BCUT2D eigenvalue weighted by molar-refractivity contribution is 5.99. The van der Waals surface area contributed by atoms with Crippen LogP contribution in [0.25, 0.3) is 0 Å². The second kappa shape index (κ2) is 10.6. The molecule has 1 fully saturated rings. The van der Waals surface area contributed by atoms with E-state index in [1.165, 1.54) is 0 Å². The van der Waals surface area contributed by atoms with Crippen LogP contribution in [0.3, 0.4) is 0 Å². The van der Waals surface area contributed by atoms with Crippen LogP contribution in [0.15, 0.2) is 42.5 Å². The van der Waals surface area contributed by atoms with E-state index in [9.17, 15) is 9.59 Å². The molecule has 2 aromatic carbocycles. The van der Waals surface area contributed by atoms with Crippen molar-refractivity contribution in [1.82, 2.24) is 0 Å². The maximum Gasteiger partial charge on any atom is 0.340 e. The van der Waals surface area contributed by atoms with Crippen LogP contribution in [0.1, 0.15) is 29.3 Å². The minimum atomic E-state index is -0.398. The number of nitrogens with zero attached hydrogens (tertiary/aromatic N) is 1. The third kappa shape index (κ3) is 5.97. The van der Waals surface area contributed by atoms with Crippen molar-refractivity contribution in [2.45, 2.75) is 20.3 Å². The summed E-state index contributed by atoms with van der Waals surface area (Å²) >= 11 is 0. The fourth-order valence-electron chi connectivity index (χ4n) is 3.18. The summed E-state index contributed by atoms with van der Waals surface area (Å²) in [4.78, 5) is 27.1. The van der Waals surface area contributed by atoms with Crippen LogP contribution >= 0.6 is 0 Å². The lowest BCUT2D eigenvalue weighted by Gasteiger charge is -2.30. The van der Waals surface area contributed by atoms with Gasteiger partial charge in [-0.05, 0) is 49.2 Å². The Bertz CT molecular complexity index is 878. The van der Waals surface area contributed by atoms with E-state index in [-0.39, 0.29) is 12.5 Å². The first-order chi connectivity index (χ1) is 14.6. The fourth-order valence-corrected chi connectivity index (χ4v) is 3.18. The molecule has 0 aliphatic carbocycles. The maximum absolute atomic E-state index is 12.6. The average Bonchev–Trinajstić information content (AvgIpc) is 2.76. The molecule has 7 nitrogen and oxygen atoms in total. The summed E-state index contributed by atoms with van der Waals surface area (Å²) in [5.74, 6) is -0.0643. The molecule has 1 aliphatic rings. The molecule has 2 aromatic rings. The summed E-state index contributed by atoms with van der Waals surface area (Å²) in [5, 5.41) is 2.79. The van der Waals surface area contributed by atoms with Gasteiger partial charge in [-0.2, -0.15) is 0 Å². The Kier molecular flexibility index (Phi) is 7.68. The first-order valence-corrected chi connectivity index (χ1v) is 10.2. The van der Waals surface area contributed by atoms with Gasteiger partial charge in [-0.1, -0.05) is 19.1 Å². The van der Waals surface area contributed by atoms with Gasteiger partial charge in [-0.25, -0.2) is 4.79 Å². The van der Waals surface area contributed by atoms with E-state index in [1.807, 2.05) is 38.1 Å². The molecule has 160 valence electrons. The topological polar surface area (TPSA) is 77.1 Å². The van der Waals surface area contributed by atoms with Crippen LogP contribution in [-0.4, -0.2) is 51.4 Å². The van der Waals surface area contributed by atoms with Crippen molar-refractivity contribution in [3.05, 3.63) is 53.6 Å². The minimum Gasteiger partial charge on any atom is -0.484 e. The van der Waals surface area contributed by atoms with Crippen molar-refractivity contribution < 1.29 is 23.8 Å². The molecule has 30 heavy (non-hydrogen) atoms. The standard InChI is InChI=1S/C23H28N2O5/c1-3-11-29-23(27)20-15-18(7-8-21(20)25-9-12-28-13-10-25)24-22(26)16-30-19-6-4-5-17(2)14-19/h4-8,14-15H,3,9-13,16H2,1-2H3,(H,24,26). The van der Waals surface area contributed by atoms with Crippen LogP contribution in [0.2, 0.25) is 0 Å². The van der Waals surface area contributed by atoms with Gasteiger partial charge in [-0.15, -0.1) is 0 Å². The summed E-state index contributed by atoms with van der Waals surface area (Å²) in [6.45, 7) is 6.75. The van der Waals surface area contributed by atoms with Gasteiger partial charge in [0.15, 0.2) is 6.61 Å². The summed E-state index contributed by atoms with van der Waals surface area (Å²) in [5.41, 5.74) is 2.80. The van der Waals surface area contributed by atoms with Gasteiger partial charge < -0.3 is 24.4 Å². The second-order valence-corrected chi connectivity index (χ2v) is 7.12. The predicted molar refractivity (Wildman–Crippen MR) is 115 cm³/mol. The van der Waals surface area contributed by atoms with Gasteiger partial charge in [0.2, 0.25) is 0 Å². The second-order valence-electron chi connectivity index (χ2n) is 7.12. The third-order valence-electron chi connectivity index (χ3n) is 4.65. The Balaban J connectivity index is 1.70. The van der Waals surface area contributed by atoms with Crippen LogP contribution in [0, 0.1) is 6.92 Å². The number of hydrogen-bond donors (Lipinski definition) is 1. The van der Waals surface area contributed by atoms with Gasteiger partial charge in [-0.3, -0.25) is 4.79 Å². The van der Waals surface area contributed by atoms with E-state index >= 15 is 0 Å². The van der Waals surface area contributed by atoms with Crippen molar-refractivity contribution >= 4 is 23.3 Å². The van der Waals surface area contributed by atoms with Gasteiger partial charge in [0.1, 0.15) is 5.75 Å². The molecule has 1 aliphatic heterocycles. The number of anilines is 2. The molecule has 3 rings (SSSR count). The number of hydrogen-bond acceptors (Lipinski definition) is 6. The highest BCUT2D eigenvalue weighted by atomic mass is 16.5. The first kappa shape index (κ1) is 21.6. The molecule has 0 spiro atoms. The van der Waals surface area contributed by atoms with Gasteiger partial charge in [0, 0.05) is 18.8 Å². The molecule has 1 heterocycles. The monoisotopic (exact) mass is 412 g/mol. The smallest absolute Gasteiger partial charge is 0.340 e. The number of esters is 1.